The quantitative estimate of drug-likeness (QED) is 0.327. The lowest BCUT2D eigenvalue weighted by atomic mass is 10.0. The lowest BCUT2D eigenvalue weighted by molar-refractivity contribution is 0.0720. The highest BCUT2D eigenvalue weighted by atomic mass is 19.1. The first-order chi connectivity index (χ1) is 20.0. The number of hydrogen-bond donors (Lipinski definition) is 3. The van der Waals surface area contributed by atoms with E-state index in [1.165, 1.54) is 25.4 Å². The fraction of sp³-hybridized carbons (Fsp3) is 0.333. The Kier molecular flexibility index (Phi) is 7.51. The van der Waals surface area contributed by atoms with E-state index in [0.717, 1.165) is 51.3 Å². The zero-order valence-electron chi connectivity index (χ0n) is 22.9. The number of aromatic nitrogens is 3. The zero-order chi connectivity index (χ0) is 28.3. The molecule has 0 unspecified atom stereocenters. The van der Waals surface area contributed by atoms with Crippen molar-refractivity contribution < 1.29 is 13.9 Å². The molecule has 1 aromatic carbocycles. The van der Waals surface area contributed by atoms with Crippen molar-refractivity contribution >= 4 is 34.1 Å². The molecule has 41 heavy (non-hydrogen) atoms. The van der Waals surface area contributed by atoms with Crippen molar-refractivity contribution in [3.8, 4) is 17.0 Å². The third kappa shape index (κ3) is 5.45. The maximum Gasteiger partial charge on any atom is 0.259 e. The van der Waals surface area contributed by atoms with Crippen molar-refractivity contribution in [3.63, 3.8) is 0 Å². The van der Waals surface area contributed by atoms with E-state index < -0.39 is 5.82 Å². The van der Waals surface area contributed by atoms with E-state index in [2.05, 4.69) is 25.5 Å². The number of benzene rings is 1. The van der Waals surface area contributed by atoms with Gasteiger partial charge < -0.3 is 30.2 Å². The molecule has 2 saturated heterocycles. The summed E-state index contributed by atoms with van der Waals surface area (Å²) in [7, 11) is 1.46. The number of ether oxygens (including phenoxy) is 1. The Labute approximate surface area is 236 Å². The summed E-state index contributed by atoms with van der Waals surface area (Å²) in [6.45, 7) is 4.73. The Morgan fingerprint density at radius 1 is 1.02 bits per heavy atom. The van der Waals surface area contributed by atoms with Crippen molar-refractivity contribution in [2.75, 3.05) is 56.6 Å². The van der Waals surface area contributed by atoms with Crippen molar-refractivity contribution in [1.29, 1.82) is 0 Å². The molecule has 1 amide bonds. The largest absolute Gasteiger partial charge is 0.496 e. The van der Waals surface area contributed by atoms with E-state index >= 15 is 4.39 Å². The molecule has 212 valence electrons. The van der Waals surface area contributed by atoms with Crippen LogP contribution in [0.5, 0.6) is 5.75 Å². The van der Waals surface area contributed by atoms with Crippen LogP contribution in [0.4, 0.5) is 21.7 Å². The Morgan fingerprint density at radius 3 is 2.61 bits per heavy atom. The SMILES string of the molecule is COc1cc(-c2cc(Nc3cccc(N4CCNCC4)n3)c3c(=O)[nH]ccc3n2)c(F)cc1C(=O)N1CCCCC1. The number of carbonyl (C=O) groups is 1. The van der Waals surface area contributed by atoms with Gasteiger partial charge in [0.05, 0.1) is 35.0 Å². The number of carbonyl (C=O) groups excluding carboxylic acids is 1. The van der Waals surface area contributed by atoms with Gasteiger partial charge in [-0.3, -0.25) is 9.59 Å². The van der Waals surface area contributed by atoms with E-state index in [4.69, 9.17) is 9.72 Å². The number of piperazine rings is 1. The second kappa shape index (κ2) is 11.5. The predicted octanol–water partition coefficient (Wildman–Crippen LogP) is 3.91. The number of H-pyrrole nitrogens is 1. The van der Waals surface area contributed by atoms with E-state index in [-0.39, 0.29) is 34.0 Å². The Bertz CT molecular complexity index is 1650. The third-order valence-electron chi connectivity index (χ3n) is 7.61. The molecule has 0 saturated carbocycles. The topological polar surface area (TPSA) is 115 Å². The summed E-state index contributed by atoms with van der Waals surface area (Å²) in [6, 6.07) is 11.7. The lowest BCUT2D eigenvalue weighted by Crippen LogP contribution is -2.43. The number of fused-ring (bicyclic) bond motifs is 1. The van der Waals surface area contributed by atoms with Crippen molar-refractivity contribution in [2.45, 2.75) is 19.3 Å². The maximum atomic E-state index is 15.7. The first kappa shape index (κ1) is 26.7. The van der Waals surface area contributed by atoms with Crippen LogP contribution in [0, 0.1) is 5.82 Å². The molecule has 4 aromatic rings. The molecular formula is C30H32FN7O3. The van der Waals surface area contributed by atoms with Crippen LogP contribution in [-0.4, -0.2) is 72.1 Å². The second-order valence-corrected chi connectivity index (χ2v) is 10.3. The number of piperidine rings is 1. The number of hydrogen-bond acceptors (Lipinski definition) is 8. The molecule has 0 spiro atoms. The monoisotopic (exact) mass is 557 g/mol. The van der Waals surface area contributed by atoms with Crippen molar-refractivity contribution in [1.82, 2.24) is 25.2 Å². The highest BCUT2D eigenvalue weighted by molar-refractivity contribution is 5.98. The molecule has 6 rings (SSSR count). The fourth-order valence-electron chi connectivity index (χ4n) is 5.48. The average Bonchev–Trinajstić information content (AvgIpc) is 3.01. The number of rotatable bonds is 6. The highest BCUT2D eigenvalue weighted by Crippen LogP contribution is 2.34. The van der Waals surface area contributed by atoms with E-state index in [0.29, 0.717) is 35.5 Å². The zero-order valence-corrected chi connectivity index (χ0v) is 22.9. The molecule has 0 atom stereocenters. The van der Waals surface area contributed by atoms with Gasteiger partial charge in [-0.1, -0.05) is 6.07 Å². The lowest BCUT2D eigenvalue weighted by Gasteiger charge is -2.28. The van der Waals surface area contributed by atoms with E-state index in [1.807, 2.05) is 18.2 Å². The second-order valence-electron chi connectivity index (χ2n) is 10.3. The first-order valence-electron chi connectivity index (χ1n) is 13.9. The molecule has 0 bridgehead atoms. The van der Waals surface area contributed by atoms with Gasteiger partial charge in [-0.05, 0) is 55.7 Å². The standard InChI is InChI=1S/C30H32FN7O3/c1-41-25-17-19(21(31)16-20(25)30(40)38-12-3-2-4-13-38)23-18-24(28-22(34-23)8-9-33-29(28)39)35-26-6-5-7-27(36-26)37-14-10-32-11-15-37/h5-9,16-18,32H,2-4,10-15H2,1H3,(H,33,39)(H,34,35,36). The summed E-state index contributed by atoms with van der Waals surface area (Å²) in [6.07, 6.45) is 4.44. The molecule has 11 heteroatoms. The summed E-state index contributed by atoms with van der Waals surface area (Å²) in [5.74, 6) is 0.789. The van der Waals surface area contributed by atoms with Crippen LogP contribution in [0.2, 0.25) is 0 Å². The minimum atomic E-state index is -0.604. The van der Waals surface area contributed by atoms with E-state index in [1.54, 1.807) is 17.0 Å². The molecule has 2 aliphatic heterocycles. The molecule has 5 heterocycles. The molecular weight excluding hydrogens is 525 g/mol. The molecule has 3 aromatic heterocycles. The van der Waals surface area contributed by atoms with Crippen LogP contribution in [0.25, 0.3) is 22.2 Å². The van der Waals surface area contributed by atoms with Crippen LogP contribution in [0.3, 0.4) is 0 Å². The summed E-state index contributed by atoms with van der Waals surface area (Å²) in [5, 5.41) is 6.93. The minimum Gasteiger partial charge on any atom is -0.496 e. The minimum absolute atomic E-state index is 0.157. The van der Waals surface area contributed by atoms with Crippen molar-refractivity contribution in [2.24, 2.45) is 0 Å². The molecule has 0 aliphatic carbocycles. The van der Waals surface area contributed by atoms with Crippen LogP contribution in [-0.2, 0) is 0 Å². The highest BCUT2D eigenvalue weighted by Gasteiger charge is 2.25. The summed E-state index contributed by atoms with van der Waals surface area (Å²) in [5.41, 5.74) is 1.12. The molecule has 2 aliphatic rings. The van der Waals surface area contributed by atoms with Crippen LogP contribution in [0.15, 0.2) is 53.5 Å². The van der Waals surface area contributed by atoms with Gasteiger partial charge in [0.2, 0.25) is 0 Å². The summed E-state index contributed by atoms with van der Waals surface area (Å²) < 4.78 is 21.2. The number of nitrogens with zero attached hydrogens (tertiary/aromatic N) is 4. The average molecular weight is 558 g/mol. The number of pyridine rings is 3. The molecule has 3 N–H and O–H groups in total. The third-order valence-corrected chi connectivity index (χ3v) is 7.61. The van der Waals surface area contributed by atoms with Crippen LogP contribution in [0.1, 0.15) is 29.6 Å². The van der Waals surface area contributed by atoms with Crippen LogP contribution < -0.4 is 25.8 Å². The van der Waals surface area contributed by atoms with Crippen LogP contribution >= 0.6 is 0 Å². The number of methoxy groups -OCH3 is 1. The summed E-state index contributed by atoms with van der Waals surface area (Å²) in [4.78, 5) is 42.1. The van der Waals surface area contributed by atoms with Gasteiger partial charge in [-0.25, -0.2) is 14.4 Å². The number of likely N-dealkylation sites (tertiary alicyclic amines) is 1. The molecule has 0 radical (unpaired) electrons. The Hall–Kier alpha value is -4.51. The molecule has 10 nitrogen and oxygen atoms in total. The number of halogens is 1. The first-order valence-corrected chi connectivity index (χ1v) is 13.9. The van der Waals surface area contributed by atoms with Gasteiger partial charge in [0.15, 0.2) is 0 Å². The van der Waals surface area contributed by atoms with Gasteiger partial charge in [0.25, 0.3) is 11.5 Å². The number of anilines is 3. The Morgan fingerprint density at radius 2 is 1.83 bits per heavy atom. The number of amides is 1. The number of nitrogens with one attached hydrogen (secondary N) is 3. The van der Waals surface area contributed by atoms with Gasteiger partial charge in [0, 0.05) is 51.0 Å². The predicted molar refractivity (Wildman–Crippen MR) is 157 cm³/mol. The maximum absolute atomic E-state index is 15.7. The van der Waals surface area contributed by atoms with Crippen molar-refractivity contribution in [3.05, 3.63) is 70.4 Å². The number of aromatic amines is 1. The Balaban J connectivity index is 1.40. The smallest absolute Gasteiger partial charge is 0.259 e. The van der Waals surface area contributed by atoms with Gasteiger partial charge in [0.1, 0.15) is 23.2 Å². The van der Waals surface area contributed by atoms with Gasteiger partial charge >= 0.3 is 0 Å². The fourth-order valence-corrected chi connectivity index (χ4v) is 5.48. The van der Waals surface area contributed by atoms with Gasteiger partial charge in [-0.2, -0.15) is 0 Å². The van der Waals surface area contributed by atoms with Gasteiger partial charge in [-0.15, -0.1) is 0 Å². The molecule has 2 fully saturated rings. The van der Waals surface area contributed by atoms with E-state index in [9.17, 15) is 9.59 Å². The summed E-state index contributed by atoms with van der Waals surface area (Å²) >= 11 is 0. The normalized spacial score (nSPS) is 15.7.